The van der Waals surface area contributed by atoms with Gasteiger partial charge in [0.2, 0.25) is 6.29 Å². The van der Waals surface area contributed by atoms with Crippen molar-refractivity contribution in [3.8, 4) is 0 Å². The van der Waals surface area contributed by atoms with Gasteiger partial charge in [-0.1, -0.05) is 96.1 Å². The quantitative estimate of drug-likeness (QED) is 0.0355. The van der Waals surface area contributed by atoms with Crippen LogP contribution in [0.4, 0.5) is 0 Å². The lowest BCUT2D eigenvalue weighted by Gasteiger charge is -2.64. The van der Waals surface area contributed by atoms with Crippen LogP contribution in [0, 0.1) is 93.2 Å². The molecule has 0 N–H and O–H groups in total. The van der Waals surface area contributed by atoms with Crippen LogP contribution in [0.1, 0.15) is 210 Å². The summed E-state index contributed by atoms with van der Waals surface area (Å²) in [6.07, 6.45) is -14.5. The van der Waals surface area contributed by atoms with E-state index in [1.54, 1.807) is 6.92 Å². The summed E-state index contributed by atoms with van der Waals surface area (Å²) >= 11 is 0. The van der Waals surface area contributed by atoms with E-state index in [2.05, 4.69) is 27.7 Å². The Bertz CT molecular complexity index is 3360. The number of hydrogen-bond donors (Lipinski definition) is 0. The standard InChI is InChI=1S/C83H128O29/c1-38-31-82-29-25-64-80(22,65(82)26-30-83(38,37-82)112-78-72(109-73-47(10)39(2)40(3)50(13)98-73)67(49(12)63(106-78)36-97-55(18)88)108-75-69(100-57(20)90)45(8)42(5)60(103-75)33-94-52(15)85)27-24-28-81(64,23)79(92)111-77-71(110-76-70(101-58(21)91)46(9)43(6)61(104-76)34-95-53(16)86)66(48(11)62(105-77)35-96-54(17)87)107-74-68(99-56(19)89)44(7)41(4)59(102-74)32-93-51(14)84/h39-50,59-78H,1,24-37H2,2-23H3/t39-,40+,41-,42-,43-,44-,45-,46?,47?,48+,49+,50?,59?,60?,61-,62?,63?,64?,65-,66-,67-,68?,69?,70?,71?,72?,73-,74-,75-,76-,77-,78-,80+,81+,82+,83?/m0/s1. The maximum absolute atomic E-state index is 16.3. The van der Waals surface area contributed by atoms with Crippen LogP contribution in [0.2, 0.25) is 0 Å². The maximum atomic E-state index is 16.3. The van der Waals surface area contributed by atoms with Gasteiger partial charge in [0.15, 0.2) is 49.8 Å². The van der Waals surface area contributed by atoms with Gasteiger partial charge in [0.1, 0.15) is 57.5 Å². The fourth-order valence-corrected chi connectivity index (χ4v) is 20.7. The van der Waals surface area contributed by atoms with E-state index in [1.165, 1.54) is 55.4 Å². The minimum absolute atomic E-state index is 0.0249. The van der Waals surface area contributed by atoms with Crippen LogP contribution in [0.5, 0.6) is 0 Å². The molecule has 0 aromatic carbocycles. The largest absolute Gasteiger partial charge is 0.463 e. The van der Waals surface area contributed by atoms with Crippen molar-refractivity contribution >= 4 is 53.7 Å². The molecular formula is C83H128O29. The first-order valence-electron chi connectivity index (χ1n) is 40.8. The molecule has 0 radical (unpaired) electrons. The number of carbonyl (C=O) groups excluding carboxylic acids is 9. The van der Waals surface area contributed by atoms with Crippen molar-refractivity contribution in [3.63, 3.8) is 0 Å². The molecular weight excluding hydrogens is 1460 g/mol. The Morgan fingerprint density at radius 3 is 1.13 bits per heavy atom. The smallest absolute Gasteiger partial charge is 0.314 e. The third kappa shape index (κ3) is 18.9. The third-order valence-corrected chi connectivity index (χ3v) is 28.2. The Labute approximate surface area is 660 Å². The molecule has 29 heteroatoms. The highest BCUT2D eigenvalue weighted by molar-refractivity contribution is 5.77. The fourth-order valence-electron chi connectivity index (χ4n) is 20.7. The molecule has 6 aliphatic heterocycles. The van der Waals surface area contributed by atoms with E-state index < -0.39 is 205 Å². The molecule has 6 saturated heterocycles. The Hall–Kier alpha value is -5.47. The molecule has 6 heterocycles. The number of rotatable bonds is 25. The van der Waals surface area contributed by atoms with Crippen LogP contribution in [0.15, 0.2) is 12.2 Å². The minimum atomic E-state index is -1.69. The average molecular weight is 1590 g/mol. The van der Waals surface area contributed by atoms with Gasteiger partial charge in [-0.3, -0.25) is 43.2 Å². The number of hydrogen-bond acceptors (Lipinski definition) is 29. The highest BCUT2D eigenvalue weighted by Crippen LogP contribution is 2.74. The highest BCUT2D eigenvalue weighted by atomic mass is 16.8. The first-order valence-corrected chi connectivity index (χ1v) is 40.8. The van der Waals surface area contributed by atoms with Gasteiger partial charge >= 0.3 is 53.7 Å². The molecule has 10 rings (SSSR count). The minimum Gasteiger partial charge on any atom is -0.463 e. The molecule has 2 bridgehead atoms. The van der Waals surface area contributed by atoms with Crippen molar-refractivity contribution in [2.45, 2.75) is 333 Å². The lowest BCUT2D eigenvalue weighted by Crippen LogP contribution is -2.65. The first kappa shape index (κ1) is 88.9. The molecule has 0 aromatic heterocycles. The zero-order chi connectivity index (χ0) is 82.3. The molecule has 4 aliphatic carbocycles. The van der Waals surface area contributed by atoms with E-state index in [4.69, 9.17) is 101 Å². The summed E-state index contributed by atoms with van der Waals surface area (Å²) in [6.45, 7) is 42.0. The monoisotopic (exact) mass is 1590 g/mol. The normalized spacial score (nSPS) is 45.2. The van der Waals surface area contributed by atoms with Crippen molar-refractivity contribution in [3.05, 3.63) is 12.2 Å². The summed E-state index contributed by atoms with van der Waals surface area (Å²) in [5, 5.41) is 0. The van der Waals surface area contributed by atoms with E-state index in [1.807, 2.05) is 62.3 Å². The average Bonchev–Trinajstić information content (AvgIpc) is 1.51. The van der Waals surface area contributed by atoms with Gasteiger partial charge in [0.25, 0.3) is 0 Å². The molecule has 29 nitrogen and oxygen atoms in total. The van der Waals surface area contributed by atoms with Crippen molar-refractivity contribution in [2.75, 3.05) is 33.0 Å². The third-order valence-electron chi connectivity index (χ3n) is 28.2. The van der Waals surface area contributed by atoms with Crippen LogP contribution >= 0.6 is 0 Å². The SMILES string of the molecule is C=C1C[C@@]23CCC4[C@](C)(C(=O)O[C@@H]5OC(COC(C)=O)[C@@H](C)[C@H](O[C@@H]6OC(COC(C)=O)[C@@H](C)[C@H](C)C6OC(C)=O)C5O[C@@H]5O[C@@H](COC(C)=O)[C@@H](C)C(C)C5OC(C)=O)CCC[C@@]4(C)[C@@H]2CCC1(O[C@@H]1OC(COC(C)=O)[C@@H](C)[C@H](O[C@@H]2OC(COC(C)=O)[C@@H](C)[C@H](C)C2OC(C)=O)C1O[C@@H]1OC(C)[C@H](C)[C@H](C)C1C)C3. The van der Waals surface area contributed by atoms with Crippen molar-refractivity contribution in [2.24, 2.45) is 93.2 Å². The summed E-state index contributed by atoms with van der Waals surface area (Å²) in [7, 11) is 0. The second-order valence-corrected chi connectivity index (χ2v) is 35.3. The second-order valence-electron chi connectivity index (χ2n) is 35.3. The molecule has 4 saturated carbocycles. The van der Waals surface area contributed by atoms with Gasteiger partial charge in [0, 0.05) is 90.9 Å². The predicted molar refractivity (Wildman–Crippen MR) is 394 cm³/mol. The Morgan fingerprint density at radius 2 is 0.723 bits per heavy atom. The molecule has 10 aliphatic rings. The molecule has 14 unspecified atom stereocenters. The maximum Gasteiger partial charge on any atom is 0.314 e. The second kappa shape index (κ2) is 36.2. The van der Waals surface area contributed by atoms with Gasteiger partial charge in [-0.25, -0.2) is 0 Å². The van der Waals surface area contributed by atoms with Gasteiger partial charge in [-0.2, -0.15) is 0 Å². The van der Waals surface area contributed by atoms with Crippen molar-refractivity contribution in [1.82, 2.24) is 0 Å². The van der Waals surface area contributed by atoms with Crippen LogP contribution in [-0.4, -0.2) is 209 Å². The topological polar surface area (TPSA) is 338 Å². The van der Waals surface area contributed by atoms with Gasteiger partial charge < -0.3 is 94.7 Å². The van der Waals surface area contributed by atoms with E-state index in [0.29, 0.717) is 51.4 Å². The van der Waals surface area contributed by atoms with E-state index in [9.17, 15) is 38.4 Å². The molecule has 36 atom stereocenters. The van der Waals surface area contributed by atoms with Gasteiger partial charge in [-0.05, 0) is 123 Å². The van der Waals surface area contributed by atoms with E-state index in [-0.39, 0.29) is 97.8 Å². The Balaban J connectivity index is 0.989. The van der Waals surface area contributed by atoms with Crippen LogP contribution in [0.25, 0.3) is 0 Å². The molecule has 10 fully saturated rings. The summed E-state index contributed by atoms with van der Waals surface area (Å²) in [5.74, 6) is -8.89. The summed E-state index contributed by atoms with van der Waals surface area (Å²) in [5.41, 5.74) is -2.18. The van der Waals surface area contributed by atoms with Crippen LogP contribution < -0.4 is 0 Å². The number of esters is 9. The number of ether oxygens (including phenoxy) is 20. The van der Waals surface area contributed by atoms with Crippen LogP contribution in [-0.2, 0) is 138 Å². The zero-order valence-electron chi connectivity index (χ0n) is 69.9. The summed E-state index contributed by atoms with van der Waals surface area (Å²) in [4.78, 5) is 118. The summed E-state index contributed by atoms with van der Waals surface area (Å²) < 4.78 is 131. The lowest BCUT2D eigenvalue weighted by atomic mass is 9.41. The van der Waals surface area contributed by atoms with E-state index >= 15 is 4.79 Å². The Kier molecular flexibility index (Phi) is 28.7. The van der Waals surface area contributed by atoms with E-state index in [0.717, 1.165) is 12.0 Å². The predicted octanol–water partition coefficient (Wildman–Crippen LogP) is 10.2. The Morgan fingerprint density at radius 1 is 0.357 bits per heavy atom. The number of fused-ring (bicyclic) bond motifs is 3. The fraction of sp³-hybridized carbons (Fsp3) is 0.867. The number of carbonyl (C=O) groups is 9. The van der Waals surface area contributed by atoms with Gasteiger partial charge in [0.05, 0.1) is 47.6 Å². The molecule has 0 aromatic rings. The summed E-state index contributed by atoms with van der Waals surface area (Å²) in [6, 6.07) is 0. The van der Waals surface area contributed by atoms with Crippen molar-refractivity contribution < 1.29 is 138 Å². The van der Waals surface area contributed by atoms with Crippen molar-refractivity contribution in [1.29, 1.82) is 0 Å². The molecule has 112 heavy (non-hydrogen) atoms. The first-order chi connectivity index (χ1) is 52.5. The van der Waals surface area contributed by atoms with Gasteiger partial charge in [-0.15, -0.1) is 0 Å². The zero-order valence-corrected chi connectivity index (χ0v) is 69.9. The highest BCUT2D eigenvalue weighted by Gasteiger charge is 2.70. The lowest BCUT2D eigenvalue weighted by molar-refractivity contribution is -0.385. The van der Waals surface area contributed by atoms with Crippen LogP contribution in [0.3, 0.4) is 0 Å². The molecule has 1 spiro atoms. The molecule has 0 amide bonds. The molecule has 634 valence electrons.